The molecule has 0 saturated carbocycles. The third-order valence-electron chi connectivity index (χ3n) is 0.945. The topological polar surface area (TPSA) is 148 Å². The number of hydrogen-bond donors (Lipinski definition) is 3. The molecule has 2 atom stereocenters. The van der Waals surface area contributed by atoms with Crippen LogP contribution in [0.4, 0.5) is 0 Å². The molecule has 0 fully saturated rings. The maximum absolute atomic E-state index is 10.5. The van der Waals surface area contributed by atoms with Gasteiger partial charge in [0.25, 0.3) is 5.25 Å². The van der Waals surface area contributed by atoms with E-state index in [9.17, 15) is 13.6 Å². The van der Waals surface area contributed by atoms with Gasteiger partial charge in [-0.15, -0.1) is 0 Å². The maximum atomic E-state index is 10.5. The lowest BCUT2D eigenvalue weighted by molar-refractivity contribution is -0.637. The molecule has 1 radical (unpaired) electrons. The van der Waals surface area contributed by atoms with Crippen LogP contribution in [0.5, 0.6) is 0 Å². The highest BCUT2D eigenvalue weighted by molar-refractivity contribution is 7.94. The Kier molecular flexibility index (Phi) is 5.19. The Balaban J connectivity index is 0. The number of rotatable bonds is 3. The Hall–Kier alpha value is -0.540. The van der Waals surface area contributed by atoms with E-state index in [4.69, 9.17) is 5.11 Å². The minimum Gasteiger partial charge on any atom is -0.477 e. The van der Waals surface area contributed by atoms with Crippen molar-refractivity contribution in [3.8, 4) is 0 Å². The fourth-order valence-electron chi connectivity index (χ4n) is 0.226. The van der Waals surface area contributed by atoms with Crippen molar-refractivity contribution in [2.75, 3.05) is 0 Å². The number of quaternary nitrogens is 2. The minimum atomic E-state index is -4.01. The van der Waals surface area contributed by atoms with E-state index >= 15 is 0 Å². The normalized spacial score (nSPS) is 17.7. The van der Waals surface area contributed by atoms with Crippen LogP contribution in [0.25, 0.3) is 0 Å². The summed E-state index contributed by atoms with van der Waals surface area (Å²) in [6.45, 7) is 1.00. The Morgan fingerprint density at radius 3 is 2.18 bits per heavy atom. The molecule has 0 aromatic heterocycles. The average molecular weight is 188 g/mol. The average Bonchev–Trinajstić information content (AvgIpc) is 1.86. The second kappa shape index (κ2) is 4.36. The zero-order valence-corrected chi connectivity index (χ0v) is 7.09. The van der Waals surface area contributed by atoms with E-state index in [1.54, 1.807) is 0 Å². The highest BCUT2D eigenvalue weighted by Crippen LogP contribution is 2.07. The van der Waals surface area contributed by atoms with E-state index in [0.29, 0.717) is 0 Å². The molecule has 0 amide bonds. The molecule has 7 nitrogen and oxygen atoms in total. The molecule has 67 valence electrons. The molecular formula is C3H12N2O5S+3. The molecule has 0 heterocycles. The number of aliphatic carboxylic acids is 1. The van der Waals surface area contributed by atoms with E-state index in [1.807, 2.05) is 0 Å². The number of carboxylic acid groups (broad SMARTS) is 1. The maximum Gasteiger partial charge on any atom is 0.462 e. The lowest BCUT2D eigenvalue weighted by Crippen LogP contribution is -2.55. The summed E-state index contributed by atoms with van der Waals surface area (Å²) in [6.07, 6.45) is 0. The van der Waals surface area contributed by atoms with Gasteiger partial charge in [-0.3, -0.25) is 0 Å². The van der Waals surface area contributed by atoms with Crippen LogP contribution in [0, 0.1) is 0 Å². The first-order valence-electron chi connectivity index (χ1n) is 2.32. The second-order valence-corrected chi connectivity index (χ2v) is 3.52. The fraction of sp³-hybridized carbons (Fsp3) is 0.667. The molecule has 0 aromatic rings. The molecule has 0 aliphatic carbocycles. The Bertz CT molecular complexity index is 183. The van der Waals surface area contributed by atoms with Crippen LogP contribution in [0.1, 0.15) is 6.92 Å². The molecule has 0 rings (SSSR count). The molecule has 8 heteroatoms. The van der Waals surface area contributed by atoms with Crippen molar-refractivity contribution in [1.29, 1.82) is 0 Å². The van der Waals surface area contributed by atoms with Crippen molar-refractivity contribution in [3.05, 3.63) is 0 Å². The van der Waals surface area contributed by atoms with E-state index in [2.05, 4.69) is 10.2 Å². The lowest BCUT2D eigenvalue weighted by Gasteiger charge is -1.96. The monoisotopic (exact) mass is 188 g/mol. The Labute approximate surface area is 64.5 Å². The summed E-state index contributed by atoms with van der Waals surface area (Å²) < 4.78 is 24.7. The summed E-state index contributed by atoms with van der Waals surface area (Å²) >= 11 is 0. The molecule has 0 bridgehead atoms. The third kappa shape index (κ3) is 3.39. The molecule has 0 spiro atoms. The van der Waals surface area contributed by atoms with Crippen molar-refractivity contribution in [2.45, 2.75) is 12.2 Å². The zero-order valence-electron chi connectivity index (χ0n) is 6.27. The highest BCUT2D eigenvalue weighted by Gasteiger charge is 2.46. The van der Waals surface area contributed by atoms with E-state index in [1.165, 1.54) is 0 Å². The summed E-state index contributed by atoms with van der Waals surface area (Å²) in [7, 11) is -4.01. The van der Waals surface area contributed by atoms with Gasteiger partial charge in [-0.25, -0.2) is 4.79 Å². The van der Waals surface area contributed by atoms with E-state index in [0.717, 1.165) is 6.92 Å². The van der Waals surface area contributed by atoms with Crippen molar-refractivity contribution in [3.63, 3.8) is 0 Å². The first kappa shape index (κ1) is 13.1. The van der Waals surface area contributed by atoms with Crippen LogP contribution in [0.2, 0.25) is 0 Å². The molecule has 11 heavy (non-hydrogen) atoms. The largest absolute Gasteiger partial charge is 0.477 e. The second-order valence-electron chi connectivity index (χ2n) is 1.59. The molecule has 0 aliphatic rings. The van der Waals surface area contributed by atoms with Gasteiger partial charge in [-0.05, 0) is 4.21 Å². The van der Waals surface area contributed by atoms with Crippen molar-refractivity contribution >= 4 is 16.5 Å². The summed E-state index contributed by atoms with van der Waals surface area (Å²) in [5.74, 6) is 1.15. The highest BCUT2D eigenvalue weighted by atomic mass is 32.3. The molecule has 0 aliphatic heterocycles. The summed E-state index contributed by atoms with van der Waals surface area (Å²) in [4.78, 5) is 10.0. The van der Waals surface area contributed by atoms with Crippen LogP contribution in [0.3, 0.4) is 0 Å². The van der Waals surface area contributed by atoms with Gasteiger partial charge in [0.05, 0.1) is 4.55 Å². The van der Waals surface area contributed by atoms with Crippen LogP contribution < -0.4 is 12.0 Å². The SMILES string of the molecule is C[C@@H](C(=O)O)[S+]([O])(=O)O[NH3+].[NH4+]. The van der Waals surface area contributed by atoms with Crippen LogP contribution in [-0.2, 0) is 28.3 Å². The fourth-order valence-corrected chi connectivity index (χ4v) is 0.677. The number of carboxylic acids is 1. The van der Waals surface area contributed by atoms with E-state index in [-0.39, 0.29) is 6.15 Å². The Morgan fingerprint density at radius 2 is 2.09 bits per heavy atom. The van der Waals surface area contributed by atoms with Crippen LogP contribution in [0.15, 0.2) is 0 Å². The van der Waals surface area contributed by atoms with Gasteiger partial charge in [0, 0.05) is 11.2 Å². The summed E-state index contributed by atoms with van der Waals surface area (Å²) in [5.41, 5.74) is 0. The van der Waals surface area contributed by atoms with Crippen LogP contribution >= 0.6 is 0 Å². The number of carbonyl (C=O) groups is 1. The quantitative estimate of drug-likeness (QED) is 0.375. The van der Waals surface area contributed by atoms with Gasteiger partial charge < -0.3 is 11.3 Å². The standard InChI is InChI=1S/C3H7NO5S.H3N/c1-2(3(5)6)10(7,8)9-4;/h2H,1,4H3;1H3/q+1;/p+2/t2-;/m0./s1. The summed E-state index contributed by atoms with van der Waals surface area (Å²) in [5, 5.41) is 6.60. The summed E-state index contributed by atoms with van der Waals surface area (Å²) in [6, 6.07) is 0. The van der Waals surface area contributed by atoms with Gasteiger partial charge >= 0.3 is 16.5 Å². The molecular weight excluding hydrogens is 176 g/mol. The molecule has 0 saturated heterocycles. The first-order chi connectivity index (χ1) is 4.41. The predicted octanol–water partition coefficient (Wildman–Crippen LogP) is -1.23. The van der Waals surface area contributed by atoms with Crippen molar-refractivity contribution in [2.24, 2.45) is 0 Å². The van der Waals surface area contributed by atoms with Gasteiger partial charge in [-0.2, -0.15) is 5.90 Å². The van der Waals surface area contributed by atoms with Crippen LogP contribution in [-0.4, -0.2) is 16.3 Å². The van der Waals surface area contributed by atoms with Crippen molar-refractivity contribution in [1.82, 2.24) is 6.15 Å². The molecule has 1 unspecified atom stereocenters. The first-order valence-corrected chi connectivity index (χ1v) is 3.79. The lowest BCUT2D eigenvalue weighted by atomic mass is 10.5. The smallest absolute Gasteiger partial charge is 0.462 e. The van der Waals surface area contributed by atoms with Gasteiger partial charge in [0.2, 0.25) is 0 Å². The molecule has 0 aromatic carbocycles. The minimum absolute atomic E-state index is 0. The zero-order chi connectivity index (χ0) is 8.36. The number of hydrogen-bond acceptors (Lipinski definition) is 3. The van der Waals surface area contributed by atoms with Crippen molar-refractivity contribution < 1.29 is 28.8 Å². The van der Waals surface area contributed by atoms with E-state index < -0.39 is 21.7 Å². The van der Waals surface area contributed by atoms with Gasteiger partial charge in [0.15, 0.2) is 0 Å². The predicted molar refractivity (Wildman–Crippen MR) is 35.8 cm³/mol. The Morgan fingerprint density at radius 1 is 1.73 bits per heavy atom. The van der Waals surface area contributed by atoms with Gasteiger partial charge in [-0.1, -0.05) is 0 Å². The third-order valence-corrected chi connectivity index (χ3v) is 2.34. The van der Waals surface area contributed by atoms with Gasteiger partial charge in [0.1, 0.15) is 0 Å². The molecule has 8 N–H and O–H groups in total.